The van der Waals surface area contributed by atoms with Gasteiger partial charge in [0.2, 0.25) is 0 Å². The number of nitrogens with two attached hydrogens (primary N) is 1. The van der Waals surface area contributed by atoms with Crippen molar-refractivity contribution in [3.8, 4) is 22.3 Å². The van der Waals surface area contributed by atoms with Crippen molar-refractivity contribution in [2.75, 3.05) is 18.8 Å². The van der Waals surface area contributed by atoms with Gasteiger partial charge >= 0.3 is 0 Å². The van der Waals surface area contributed by atoms with Gasteiger partial charge in [-0.3, -0.25) is 0 Å². The monoisotopic (exact) mass is 444 g/mol. The summed E-state index contributed by atoms with van der Waals surface area (Å²) >= 11 is 1.80. The lowest BCUT2D eigenvalue weighted by molar-refractivity contribution is 0.459. The van der Waals surface area contributed by atoms with Crippen molar-refractivity contribution in [2.45, 2.75) is 52.4 Å². The fourth-order valence-corrected chi connectivity index (χ4v) is 4.95. The molecule has 0 amide bonds. The molecular weight excluding hydrogens is 412 g/mol. The van der Waals surface area contributed by atoms with E-state index in [9.17, 15) is 0 Å². The minimum absolute atomic E-state index is 0.000946. The summed E-state index contributed by atoms with van der Waals surface area (Å²) in [5, 5.41) is 4.67. The Bertz CT molecular complexity index is 1120. The number of nitrogen functional groups attached to an aromatic ring is 1. The average Bonchev–Trinajstić information content (AvgIpc) is 3.28. The Balaban J connectivity index is 1.47. The summed E-state index contributed by atoms with van der Waals surface area (Å²) in [6, 6.07) is 10.7. The third kappa shape index (κ3) is 5.97. The van der Waals surface area contributed by atoms with Crippen LogP contribution < -0.4 is 11.1 Å². The molecule has 1 aliphatic rings. The van der Waals surface area contributed by atoms with Crippen LogP contribution in [0.4, 0.5) is 5.82 Å². The van der Waals surface area contributed by atoms with Crippen molar-refractivity contribution in [2.24, 2.45) is 5.41 Å². The Morgan fingerprint density at radius 3 is 2.69 bits per heavy atom. The molecule has 5 heteroatoms. The van der Waals surface area contributed by atoms with Crippen molar-refractivity contribution >= 4 is 17.2 Å². The number of nitrogens with one attached hydrogen (secondary N) is 1. The number of thiazole rings is 1. The van der Waals surface area contributed by atoms with E-state index in [2.05, 4.69) is 73.2 Å². The van der Waals surface area contributed by atoms with Crippen LogP contribution in [0.15, 0.2) is 42.7 Å². The Hall–Kier alpha value is -2.68. The van der Waals surface area contributed by atoms with Gasteiger partial charge in [0.05, 0.1) is 9.88 Å². The lowest BCUT2D eigenvalue weighted by atomic mass is 9.97. The molecule has 4 rings (SSSR count). The Morgan fingerprint density at radius 1 is 1.09 bits per heavy atom. The van der Waals surface area contributed by atoms with Crippen LogP contribution >= 0.6 is 11.3 Å². The first-order valence-corrected chi connectivity index (χ1v) is 12.2. The number of piperidine rings is 1. The second kappa shape index (κ2) is 9.85. The number of anilines is 1. The van der Waals surface area contributed by atoms with Gasteiger partial charge in [0.15, 0.2) is 0 Å². The van der Waals surface area contributed by atoms with Crippen molar-refractivity contribution in [1.29, 1.82) is 0 Å². The van der Waals surface area contributed by atoms with E-state index in [4.69, 9.17) is 10.7 Å². The highest BCUT2D eigenvalue weighted by atomic mass is 32.1. The number of rotatable bonds is 5. The van der Waals surface area contributed by atoms with Crippen molar-refractivity contribution in [1.82, 2.24) is 15.3 Å². The van der Waals surface area contributed by atoms with Crippen LogP contribution in [0.1, 0.15) is 61.2 Å². The SMILES string of the molecule is CC(C)(C)C#Cc1cccc(CCc2cc(-c3cnc(C4CCNCC4)s3)cnc2N)c1. The van der Waals surface area contributed by atoms with E-state index < -0.39 is 0 Å². The lowest BCUT2D eigenvalue weighted by Crippen LogP contribution is -2.26. The van der Waals surface area contributed by atoms with Gasteiger partial charge < -0.3 is 11.1 Å². The first kappa shape index (κ1) is 22.5. The fourth-order valence-electron chi connectivity index (χ4n) is 3.88. The van der Waals surface area contributed by atoms with Gasteiger partial charge in [-0.25, -0.2) is 9.97 Å². The third-order valence-corrected chi connectivity index (χ3v) is 6.90. The van der Waals surface area contributed by atoms with E-state index in [0.717, 1.165) is 55.5 Å². The normalized spacial score (nSPS) is 14.7. The van der Waals surface area contributed by atoms with Gasteiger partial charge in [0, 0.05) is 34.9 Å². The zero-order valence-corrected chi connectivity index (χ0v) is 20.1. The molecule has 3 aromatic rings. The minimum Gasteiger partial charge on any atom is -0.383 e. The molecule has 0 unspecified atom stereocenters. The minimum atomic E-state index is 0.000946. The first-order valence-electron chi connectivity index (χ1n) is 11.4. The number of nitrogens with zero attached hydrogens (tertiary/aromatic N) is 2. The molecule has 2 aromatic heterocycles. The van der Waals surface area contributed by atoms with Crippen molar-refractivity contribution < 1.29 is 0 Å². The molecule has 0 bridgehead atoms. The quantitative estimate of drug-likeness (QED) is 0.515. The molecule has 3 heterocycles. The molecule has 1 fully saturated rings. The molecule has 0 aliphatic carbocycles. The molecule has 0 spiro atoms. The maximum absolute atomic E-state index is 6.23. The maximum atomic E-state index is 6.23. The van der Waals surface area contributed by atoms with Gasteiger partial charge in [0.25, 0.3) is 0 Å². The van der Waals surface area contributed by atoms with Crippen LogP contribution in [-0.2, 0) is 12.8 Å². The van der Waals surface area contributed by atoms with Crippen LogP contribution in [0.5, 0.6) is 0 Å². The summed E-state index contributed by atoms with van der Waals surface area (Å²) < 4.78 is 0. The average molecular weight is 445 g/mol. The lowest BCUT2D eigenvalue weighted by Gasteiger charge is -2.20. The molecule has 1 saturated heterocycles. The van der Waals surface area contributed by atoms with Gasteiger partial charge in [-0.05, 0) is 88.9 Å². The van der Waals surface area contributed by atoms with Crippen LogP contribution in [0, 0.1) is 17.3 Å². The highest BCUT2D eigenvalue weighted by Gasteiger charge is 2.19. The Labute approximate surface area is 195 Å². The van der Waals surface area contributed by atoms with E-state index in [1.807, 2.05) is 12.4 Å². The predicted molar refractivity (Wildman–Crippen MR) is 135 cm³/mol. The molecule has 0 saturated carbocycles. The van der Waals surface area contributed by atoms with Crippen molar-refractivity contribution in [3.63, 3.8) is 0 Å². The van der Waals surface area contributed by atoms with E-state index in [1.165, 1.54) is 15.4 Å². The fraction of sp³-hybridized carbons (Fsp3) is 0.407. The summed E-state index contributed by atoms with van der Waals surface area (Å²) in [7, 11) is 0. The largest absolute Gasteiger partial charge is 0.383 e. The molecular formula is C27H32N4S. The number of aromatic nitrogens is 2. The summed E-state index contributed by atoms with van der Waals surface area (Å²) in [5.41, 5.74) is 10.8. The topological polar surface area (TPSA) is 63.8 Å². The van der Waals surface area contributed by atoms with Crippen molar-refractivity contribution in [3.05, 3.63) is 64.4 Å². The van der Waals surface area contributed by atoms with Gasteiger partial charge in [0.1, 0.15) is 5.82 Å². The van der Waals surface area contributed by atoms with Gasteiger partial charge in [-0.2, -0.15) is 0 Å². The third-order valence-electron chi connectivity index (χ3n) is 5.69. The molecule has 166 valence electrons. The molecule has 32 heavy (non-hydrogen) atoms. The number of pyridine rings is 1. The Morgan fingerprint density at radius 2 is 1.91 bits per heavy atom. The molecule has 3 N–H and O–H groups in total. The summed E-state index contributed by atoms with van der Waals surface area (Å²) in [4.78, 5) is 10.4. The number of hydrogen-bond donors (Lipinski definition) is 2. The van der Waals surface area contributed by atoms with E-state index in [1.54, 1.807) is 11.3 Å². The zero-order chi connectivity index (χ0) is 22.6. The van der Waals surface area contributed by atoms with Gasteiger partial charge in [-0.1, -0.05) is 24.0 Å². The highest BCUT2D eigenvalue weighted by molar-refractivity contribution is 7.15. The molecule has 1 aromatic carbocycles. The summed E-state index contributed by atoms with van der Waals surface area (Å²) in [6.07, 6.45) is 7.96. The second-order valence-electron chi connectivity index (χ2n) is 9.56. The second-order valence-corrected chi connectivity index (χ2v) is 10.6. The van der Waals surface area contributed by atoms with Crippen LogP contribution in [0.3, 0.4) is 0 Å². The standard InChI is InChI=1S/C27H32N4S/c1-27(2,3)12-9-20-6-4-5-19(15-20)7-8-22-16-23(17-30-25(22)28)24-18-31-26(32-24)21-10-13-29-14-11-21/h4-6,15-18,21,29H,7-8,10-11,13-14H2,1-3H3,(H2,28,30). The van der Waals surface area contributed by atoms with Crippen LogP contribution in [-0.4, -0.2) is 23.1 Å². The summed E-state index contributed by atoms with van der Waals surface area (Å²) in [6.45, 7) is 8.55. The van der Waals surface area contributed by atoms with E-state index in [-0.39, 0.29) is 5.41 Å². The maximum Gasteiger partial charge on any atom is 0.126 e. The highest BCUT2D eigenvalue weighted by Crippen LogP contribution is 2.34. The zero-order valence-electron chi connectivity index (χ0n) is 19.2. The first-order chi connectivity index (χ1) is 15.4. The number of aryl methyl sites for hydroxylation is 2. The predicted octanol–water partition coefficient (Wildman–Crippen LogP) is 5.44. The van der Waals surface area contributed by atoms with Gasteiger partial charge in [-0.15, -0.1) is 11.3 Å². The molecule has 4 nitrogen and oxygen atoms in total. The summed E-state index contributed by atoms with van der Waals surface area (Å²) in [5.74, 6) is 7.79. The van der Waals surface area contributed by atoms with Crippen LogP contribution in [0.25, 0.3) is 10.4 Å². The smallest absolute Gasteiger partial charge is 0.126 e. The molecule has 0 atom stereocenters. The molecule has 1 aliphatic heterocycles. The number of hydrogen-bond acceptors (Lipinski definition) is 5. The molecule has 0 radical (unpaired) electrons. The van der Waals surface area contributed by atoms with Crippen LogP contribution in [0.2, 0.25) is 0 Å². The van der Waals surface area contributed by atoms with E-state index in [0.29, 0.717) is 11.7 Å². The number of benzene rings is 1. The Kier molecular flexibility index (Phi) is 6.93. The van der Waals surface area contributed by atoms with E-state index >= 15 is 0 Å².